The number of carbonyl (C=O) groups excluding carboxylic acids is 2. The second-order valence-electron chi connectivity index (χ2n) is 7.58. The molecule has 1 aliphatic rings. The minimum Gasteiger partial charge on any atom is -0.497 e. The molecule has 0 N–H and O–H groups in total. The van der Waals surface area contributed by atoms with Crippen LogP contribution in [0.3, 0.4) is 0 Å². The molecule has 1 saturated heterocycles. The fourth-order valence-electron chi connectivity index (χ4n) is 3.76. The van der Waals surface area contributed by atoms with Gasteiger partial charge in [-0.1, -0.05) is 35.3 Å². The van der Waals surface area contributed by atoms with Crippen LogP contribution in [0.1, 0.15) is 28.8 Å². The molecule has 0 aliphatic carbocycles. The number of piperidine rings is 1. The fourth-order valence-corrected chi connectivity index (χ4v) is 4.14. The number of likely N-dealkylation sites (tertiary alicyclic amines) is 1. The first-order chi connectivity index (χ1) is 14.8. The van der Waals surface area contributed by atoms with Crippen molar-refractivity contribution >= 4 is 35.0 Å². The molecule has 1 fully saturated rings. The van der Waals surface area contributed by atoms with Crippen molar-refractivity contribution in [1.29, 1.82) is 0 Å². The van der Waals surface area contributed by atoms with E-state index in [1.54, 1.807) is 55.3 Å². The van der Waals surface area contributed by atoms with Crippen LogP contribution < -0.4 is 9.47 Å². The van der Waals surface area contributed by atoms with Crippen molar-refractivity contribution in [3.05, 3.63) is 57.6 Å². The van der Waals surface area contributed by atoms with Gasteiger partial charge in [0.25, 0.3) is 5.91 Å². The molecule has 0 spiro atoms. The normalized spacial score (nSPS) is 14.3. The molecule has 0 radical (unpaired) electrons. The quantitative estimate of drug-likeness (QED) is 0.630. The summed E-state index contributed by atoms with van der Waals surface area (Å²) in [4.78, 5) is 29.3. The van der Waals surface area contributed by atoms with E-state index in [0.29, 0.717) is 59.6 Å². The average molecular weight is 465 g/mol. The molecule has 3 rings (SSSR count). The molecular weight excluding hydrogens is 439 g/mol. The first-order valence-electron chi connectivity index (χ1n) is 10.0. The van der Waals surface area contributed by atoms with Gasteiger partial charge < -0.3 is 19.3 Å². The highest BCUT2D eigenvalue weighted by atomic mass is 35.5. The number of methoxy groups -OCH3 is 2. The Balaban J connectivity index is 1.60. The zero-order valence-corrected chi connectivity index (χ0v) is 19.4. The first kappa shape index (κ1) is 23.2. The van der Waals surface area contributed by atoms with Crippen molar-refractivity contribution in [2.24, 2.45) is 5.92 Å². The summed E-state index contributed by atoms with van der Waals surface area (Å²) in [5.41, 5.74) is 1.32. The number of ether oxygens (including phenoxy) is 2. The molecule has 8 heteroatoms. The predicted octanol–water partition coefficient (Wildman–Crippen LogP) is 4.52. The summed E-state index contributed by atoms with van der Waals surface area (Å²) in [6.07, 6.45) is 1.22. The third-order valence-corrected chi connectivity index (χ3v) is 6.40. The molecule has 6 nitrogen and oxygen atoms in total. The fraction of sp³-hybridized carbons (Fsp3) is 0.391. The van der Waals surface area contributed by atoms with Crippen molar-refractivity contribution in [3.8, 4) is 11.5 Å². The Morgan fingerprint density at radius 3 is 2.26 bits per heavy atom. The summed E-state index contributed by atoms with van der Waals surface area (Å²) >= 11 is 12.3. The molecule has 0 atom stereocenters. The van der Waals surface area contributed by atoms with Gasteiger partial charge in [-0.05, 0) is 36.6 Å². The average Bonchev–Trinajstić information content (AvgIpc) is 2.80. The Morgan fingerprint density at radius 1 is 1.06 bits per heavy atom. The summed E-state index contributed by atoms with van der Waals surface area (Å²) in [5, 5.41) is 0.943. The molecule has 2 amide bonds. The lowest BCUT2D eigenvalue weighted by molar-refractivity contribution is -0.136. The number of nitrogens with zero attached hydrogens (tertiary/aromatic N) is 2. The maximum Gasteiger partial charge on any atom is 0.254 e. The summed E-state index contributed by atoms with van der Waals surface area (Å²) in [7, 11) is 4.86. The van der Waals surface area contributed by atoms with Gasteiger partial charge in [0.05, 0.1) is 24.3 Å². The zero-order valence-electron chi connectivity index (χ0n) is 17.9. The van der Waals surface area contributed by atoms with Crippen molar-refractivity contribution < 1.29 is 19.1 Å². The van der Waals surface area contributed by atoms with Gasteiger partial charge in [-0.2, -0.15) is 0 Å². The second kappa shape index (κ2) is 10.2. The molecule has 0 bridgehead atoms. The molecule has 166 valence electrons. The molecule has 0 aromatic heterocycles. The maximum absolute atomic E-state index is 12.9. The summed E-state index contributed by atoms with van der Waals surface area (Å²) in [6, 6.07) is 10.5. The van der Waals surface area contributed by atoms with Gasteiger partial charge in [0, 0.05) is 44.2 Å². The molecule has 1 aliphatic heterocycles. The van der Waals surface area contributed by atoms with E-state index < -0.39 is 0 Å². The van der Waals surface area contributed by atoms with E-state index in [1.807, 2.05) is 12.1 Å². The van der Waals surface area contributed by atoms with Crippen LogP contribution in [-0.2, 0) is 11.3 Å². The number of carbonyl (C=O) groups is 2. The van der Waals surface area contributed by atoms with Crippen LogP contribution in [-0.4, -0.2) is 56.0 Å². The monoisotopic (exact) mass is 464 g/mol. The first-order valence-corrected chi connectivity index (χ1v) is 10.8. The lowest BCUT2D eigenvalue weighted by Gasteiger charge is -2.33. The van der Waals surface area contributed by atoms with Crippen molar-refractivity contribution in [2.45, 2.75) is 19.4 Å². The number of hydrogen-bond acceptors (Lipinski definition) is 4. The lowest BCUT2D eigenvalue weighted by Crippen LogP contribution is -2.43. The van der Waals surface area contributed by atoms with E-state index in [1.165, 1.54) is 0 Å². The van der Waals surface area contributed by atoms with E-state index in [9.17, 15) is 9.59 Å². The maximum atomic E-state index is 12.9. The number of hydrogen-bond donors (Lipinski definition) is 0. The van der Waals surface area contributed by atoms with Gasteiger partial charge in [0.15, 0.2) is 0 Å². The second-order valence-corrected chi connectivity index (χ2v) is 8.36. The Bertz CT molecular complexity index is 936. The highest BCUT2D eigenvalue weighted by Gasteiger charge is 2.30. The van der Waals surface area contributed by atoms with E-state index in [-0.39, 0.29) is 17.7 Å². The zero-order chi connectivity index (χ0) is 22.5. The molecule has 2 aromatic rings. The van der Waals surface area contributed by atoms with Crippen LogP contribution in [0.4, 0.5) is 0 Å². The number of rotatable bonds is 6. The van der Waals surface area contributed by atoms with Crippen molar-refractivity contribution in [2.75, 3.05) is 34.4 Å². The van der Waals surface area contributed by atoms with Gasteiger partial charge >= 0.3 is 0 Å². The smallest absolute Gasteiger partial charge is 0.254 e. The lowest BCUT2D eigenvalue weighted by atomic mass is 9.94. The van der Waals surface area contributed by atoms with Crippen LogP contribution in [0.25, 0.3) is 0 Å². The van der Waals surface area contributed by atoms with E-state index in [2.05, 4.69) is 0 Å². The van der Waals surface area contributed by atoms with Gasteiger partial charge in [0.2, 0.25) is 5.91 Å². The topological polar surface area (TPSA) is 59.1 Å². The van der Waals surface area contributed by atoms with Gasteiger partial charge in [-0.3, -0.25) is 9.59 Å². The van der Waals surface area contributed by atoms with Crippen molar-refractivity contribution in [3.63, 3.8) is 0 Å². The molecular formula is C23H26Cl2N2O4. The number of benzene rings is 2. The highest BCUT2D eigenvalue weighted by Crippen LogP contribution is 2.28. The predicted molar refractivity (Wildman–Crippen MR) is 121 cm³/mol. The van der Waals surface area contributed by atoms with E-state index in [4.69, 9.17) is 32.7 Å². The van der Waals surface area contributed by atoms with Crippen LogP contribution >= 0.6 is 23.2 Å². The number of halogens is 2. The van der Waals surface area contributed by atoms with Gasteiger partial charge in [-0.25, -0.2) is 0 Å². The SMILES string of the molecule is COc1cc(OC)cc(C(=O)N2CCC(C(=O)N(C)Cc3cccc(Cl)c3Cl)CC2)c1. The Labute approximate surface area is 192 Å². The minimum atomic E-state index is -0.133. The van der Waals surface area contributed by atoms with Gasteiger partial charge in [-0.15, -0.1) is 0 Å². The third-order valence-electron chi connectivity index (χ3n) is 5.55. The summed E-state index contributed by atoms with van der Waals surface area (Å²) in [5.74, 6) is 0.948. The van der Waals surface area contributed by atoms with Crippen LogP contribution in [0, 0.1) is 5.92 Å². The Morgan fingerprint density at radius 2 is 1.68 bits per heavy atom. The number of amides is 2. The molecule has 31 heavy (non-hydrogen) atoms. The molecule has 2 aromatic carbocycles. The van der Waals surface area contributed by atoms with Crippen molar-refractivity contribution in [1.82, 2.24) is 9.80 Å². The van der Waals surface area contributed by atoms with Gasteiger partial charge in [0.1, 0.15) is 11.5 Å². The Hall–Kier alpha value is -2.44. The van der Waals surface area contributed by atoms with Crippen LogP contribution in [0.15, 0.2) is 36.4 Å². The van der Waals surface area contributed by atoms with E-state index >= 15 is 0 Å². The van der Waals surface area contributed by atoms with Crippen LogP contribution in [0.2, 0.25) is 10.0 Å². The Kier molecular flexibility index (Phi) is 7.68. The standard InChI is InChI=1S/C23H26Cl2N2O4/c1-26(14-16-5-4-6-20(24)21(16)25)22(28)15-7-9-27(10-8-15)23(29)17-11-18(30-2)13-19(12-17)31-3/h4-6,11-13,15H,7-10,14H2,1-3H3. The molecule has 0 unspecified atom stereocenters. The molecule has 1 heterocycles. The summed E-state index contributed by atoms with van der Waals surface area (Å²) < 4.78 is 10.5. The highest BCUT2D eigenvalue weighted by molar-refractivity contribution is 6.42. The van der Waals surface area contributed by atoms with Crippen LogP contribution in [0.5, 0.6) is 11.5 Å². The summed E-state index contributed by atoms with van der Waals surface area (Å²) in [6.45, 7) is 1.42. The molecule has 0 saturated carbocycles. The minimum absolute atomic E-state index is 0.0474. The van der Waals surface area contributed by atoms with E-state index in [0.717, 1.165) is 5.56 Å². The largest absolute Gasteiger partial charge is 0.497 e. The third kappa shape index (κ3) is 5.43.